The average Bonchev–Trinajstić information content (AvgIpc) is 2.52. The molecule has 0 spiro atoms. The number of carbonyl (C=O) groups excluding carboxylic acids is 1. The third-order valence-electron chi connectivity index (χ3n) is 4.92. The van der Waals surface area contributed by atoms with Crippen molar-refractivity contribution in [2.24, 2.45) is 0 Å². The van der Waals surface area contributed by atoms with Gasteiger partial charge in [0.05, 0.1) is 10.9 Å². The van der Waals surface area contributed by atoms with Crippen molar-refractivity contribution in [3.05, 3.63) is 39.9 Å². The van der Waals surface area contributed by atoms with Gasteiger partial charge in [-0.15, -0.1) is 0 Å². The second-order valence-corrected chi connectivity index (χ2v) is 8.69. The lowest BCUT2D eigenvalue weighted by Gasteiger charge is -2.43. The fourth-order valence-electron chi connectivity index (χ4n) is 3.85. The summed E-state index contributed by atoms with van der Waals surface area (Å²) >= 11 is 5.92. The van der Waals surface area contributed by atoms with Gasteiger partial charge < -0.3 is 14.2 Å². The van der Waals surface area contributed by atoms with Crippen LogP contribution in [0.25, 0.3) is 10.9 Å². The summed E-state index contributed by atoms with van der Waals surface area (Å²) in [6.07, 6.45) is 2.86. The summed E-state index contributed by atoms with van der Waals surface area (Å²) in [5.74, 6) is 0. The van der Waals surface area contributed by atoms with Crippen LogP contribution in [-0.2, 0) is 4.74 Å². The molecular formula is C20H26ClN3O3. The zero-order valence-corrected chi connectivity index (χ0v) is 17.2. The van der Waals surface area contributed by atoms with Crippen LogP contribution in [0.15, 0.2) is 29.2 Å². The molecule has 146 valence electrons. The highest BCUT2D eigenvalue weighted by atomic mass is 35.5. The Bertz CT molecular complexity index is 907. The lowest BCUT2D eigenvalue weighted by Crippen LogP contribution is -2.52. The molecule has 0 aromatic carbocycles. The van der Waals surface area contributed by atoms with Gasteiger partial charge in [-0.05, 0) is 65.7 Å². The molecule has 2 unspecified atom stereocenters. The van der Waals surface area contributed by atoms with Crippen LogP contribution < -0.4 is 5.56 Å². The van der Waals surface area contributed by atoms with Gasteiger partial charge in [-0.1, -0.05) is 11.6 Å². The zero-order valence-electron chi connectivity index (χ0n) is 16.4. The molecule has 3 heterocycles. The smallest absolute Gasteiger partial charge is 0.410 e. The number of aromatic nitrogens is 2. The molecule has 0 saturated carbocycles. The Morgan fingerprint density at radius 1 is 1.19 bits per heavy atom. The number of piperidine rings is 1. The predicted molar refractivity (Wildman–Crippen MR) is 106 cm³/mol. The molecule has 3 rings (SSSR count). The van der Waals surface area contributed by atoms with Gasteiger partial charge in [-0.3, -0.25) is 4.79 Å². The molecule has 6 nitrogen and oxygen atoms in total. The fraction of sp³-hybridized carbons (Fsp3) is 0.550. The fourth-order valence-corrected chi connectivity index (χ4v) is 4.00. The highest BCUT2D eigenvalue weighted by Crippen LogP contribution is 2.32. The minimum atomic E-state index is -0.531. The summed E-state index contributed by atoms with van der Waals surface area (Å²) in [5.41, 5.74) is -0.0143. The molecule has 3 atom stereocenters. The van der Waals surface area contributed by atoms with E-state index in [1.807, 2.05) is 40.7 Å². The van der Waals surface area contributed by atoms with E-state index in [0.29, 0.717) is 28.9 Å². The monoisotopic (exact) mass is 391 g/mol. The highest BCUT2D eigenvalue weighted by molar-refractivity contribution is 6.29. The molecule has 0 bridgehead atoms. The van der Waals surface area contributed by atoms with Gasteiger partial charge in [0.15, 0.2) is 0 Å². The Balaban J connectivity index is 1.86. The standard InChI is InChI=1S/C20H26ClN3O3/c1-12-10-14(11-13(2)24(12)19(26)27-20(3,4)5)23-9-8-16-15(18(23)25)6-7-17(21)22-16/h6-9,12-14H,10-11H2,1-5H3/t12-,13?,14?/m0/s1. The Morgan fingerprint density at radius 2 is 1.81 bits per heavy atom. The van der Waals surface area contributed by atoms with Crippen LogP contribution >= 0.6 is 11.6 Å². The number of ether oxygens (including phenoxy) is 1. The number of pyridine rings is 2. The van der Waals surface area contributed by atoms with Crippen molar-refractivity contribution in [2.45, 2.75) is 71.2 Å². The van der Waals surface area contributed by atoms with E-state index in [4.69, 9.17) is 16.3 Å². The molecule has 2 aromatic heterocycles. The van der Waals surface area contributed by atoms with Crippen molar-refractivity contribution in [3.8, 4) is 0 Å². The van der Waals surface area contributed by atoms with Crippen LogP contribution in [0.4, 0.5) is 4.79 Å². The van der Waals surface area contributed by atoms with Gasteiger partial charge in [0.25, 0.3) is 5.56 Å². The lowest BCUT2D eigenvalue weighted by molar-refractivity contribution is -0.00632. The lowest BCUT2D eigenvalue weighted by atomic mass is 9.92. The summed E-state index contributed by atoms with van der Waals surface area (Å²) in [6.45, 7) is 9.59. The number of likely N-dealkylation sites (tertiary alicyclic amines) is 1. The third-order valence-corrected chi connectivity index (χ3v) is 5.13. The van der Waals surface area contributed by atoms with Crippen molar-refractivity contribution < 1.29 is 9.53 Å². The number of rotatable bonds is 1. The van der Waals surface area contributed by atoms with Crippen LogP contribution in [0.3, 0.4) is 0 Å². The van der Waals surface area contributed by atoms with Gasteiger partial charge in [-0.25, -0.2) is 9.78 Å². The minimum Gasteiger partial charge on any atom is -0.444 e. The molecule has 1 saturated heterocycles. The summed E-state index contributed by atoms with van der Waals surface area (Å²) < 4.78 is 7.31. The molecule has 1 aliphatic heterocycles. The summed E-state index contributed by atoms with van der Waals surface area (Å²) in [6, 6.07) is 5.12. The van der Waals surface area contributed by atoms with E-state index in [2.05, 4.69) is 4.98 Å². The van der Waals surface area contributed by atoms with Gasteiger partial charge >= 0.3 is 6.09 Å². The molecule has 0 aliphatic carbocycles. The van der Waals surface area contributed by atoms with Crippen molar-refractivity contribution >= 4 is 28.6 Å². The van der Waals surface area contributed by atoms with Crippen molar-refractivity contribution in [2.75, 3.05) is 0 Å². The molecule has 1 aliphatic rings. The number of halogens is 1. The maximum atomic E-state index is 12.9. The van der Waals surface area contributed by atoms with Crippen molar-refractivity contribution in [3.63, 3.8) is 0 Å². The van der Waals surface area contributed by atoms with E-state index in [1.54, 1.807) is 27.8 Å². The molecule has 1 fully saturated rings. The largest absolute Gasteiger partial charge is 0.444 e. The molecule has 0 N–H and O–H groups in total. The first-order chi connectivity index (χ1) is 12.6. The number of carbonyl (C=O) groups is 1. The third kappa shape index (κ3) is 4.10. The maximum absolute atomic E-state index is 12.9. The highest BCUT2D eigenvalue weighted by Gasteiger charge is 2.37. The number of hydrogen-bond donors (Lipinski definition) is 0. The Kier molecular flexibility index (Phi) is 5.21. The van der Waals surface area contributed by atoms with Crippen LogP contribution in [0, 0.1) is 0 Å². The normalized spacial score (nSPS) is 23.5. The average molecular weight is 392 g/mol. The van der Waals surface area contributed by atoms with Crippen LogP contribution in [0.5, 0.6) is 0 Å². The van der Waals surface area contributed by atoms with E-state index in [0.717, 1.165) is 0 Å². The molecule has 2 aromatic rings. The Morgan fingerprint density at radius 3 is 2.41 bits per heavy atom. The molecular weight excluding hydrogens is 366 g/mol. The quantitative estimate of drug-likeness (QED) is 0.676. The SMILES string of the molecule is CC1CC(n2ccc3nc(Cl)ccc3c2=O)C[C@H](C)N1C(=O)OC(C)(C)C. The zero-order chi connectivity index (χ0) is 19.9. The summed E-state index contributed by atoms with van der Waals surface area (Å²) in [4.78, 5) is 31.5. The second kappa shape index (κ2) is 7.15. The predicted octanol–water partition coefficient (Wildman–Crippen LogP) is 4.40. The van der Waals surface area contributed by atoms with Gasteiger partial charge in [0.2, 0.25) is 0 Å². The molecule has 7 heteroatoms. The molecule has 27 heavy (non-hydrogen) atoms. The van der Waals surface area contributed by atoms with Gasteiger partial charge in [0.1, 0.15) is 10.8 Å². The van der Waals surface area contributed by atoms with Crippen LogP contribution in [-0.4, -0.2) is 38.2 Å². The minimum absolute atomic E-state index is 0.0151. The first-order valence-corrected chi connectivity index (χ1v) is 9.63. The van der Waals surface area contributed by atoms with Crippen LogP contribution in [0.1, 0.15) is 53.5 Å². The Labute approximate surface area is 164 Å². The number of hydrogen-bond acceptors (Lipinski definition) is 4. The topological polar surface area (TPSA) is 64.4 Å². The first kappa shape index (κ1) is 19.7. The van der Waals surface area contributed by atoms with E-state index >= 15 is 0 Å². The van der Waals surface area contributed by atoms with Crippen LogP contribution in [0.2, 0.25) is 5.15 Å². The van der Waals surface area contributed by atoms with E-state index in [9.17, 15) is 9.59 Å². The summed E-state index contributed by atoms with van der Waals surface area (Å²) in [5, 5.41) is 0.921. The number of fused-ring (bicyclic) bond motifs is 1. The first-order valence-electron chi connectivity index (χ1n) is 9.25. The van der Waals surface area contributed by atoms with Gasteiger partial charge in [0, 0.05) is 24.3 Å². The number of nitrogens with zero attached hydrogens (tertiary/aromatic N) is 3. The molecule has 0 radical (unpaired) electrons. The van der Waals surface area contributed by atoms with E-state index in [-0.39, 0.29) is 29.8 Å². The van der Waals surface area contributed by atoms with Crippen molar-refractivity contribution in [1.29, 1.82) is 0 Å². The summed E-state index contributed by atoms with van der Waals surface area (Å²) in [7, 11) is 0. The van der Waals surface area contributed by atoms with Gasteiger partial charge in [-0.2, -0.15) is 0 Å². The number of amides is 1. The van der Waals surface area contributed by atoms with E-state index in [1.165, 1.54) is 0 Å². The maximum Gasteiger partial charge on any atom is 0.410 e. The van der Waals surface area contributed by atoms with Crippen molar-refractivity contribution in [1.82, 2.24) is 14.5 Å². The second-order valence-electron chi connectivity index (χ2n) is 8.31. The molecule has 1 amide bonds. The van der Waals surface area contributed by atoms with E-state index < -0.39 is 5.60 Å². The Hall–Kier alpha value is -2.08.